The van der Waals surface area contributed by atoms with Gasteiger partial charge in [0.1, 0.15) is 0 Å². The van der Waals surface area contributed by atoms with Gasteiger partial charge in [0.2, 0.25) is 0 Å². The van der Waals surface area contributed by atoms with Gasteiger partial charge in [0, 0.05) is 20.8 Å². The second kappa shape index (κ2) is 5.10. The third kappa shape index (κ3) is 2.94. The molecule has 1 rings (SSSR count). The highest BCUT2D eigenvalue weighted by atomic mass is 16.7. The minimum atomic E-state index is -0.140. The Labute approximate surface area is 87.2 Å². The van der Waals surface area contributed by atoms with E-state index in [0.717, 1.165) is 6.54 Å². The summed E-state index contributed by atoms with van der Waals surface area (Å²) in [6.45, 7) is 5.50. The van der Waals surface area contributed by atoms with Gasteiger partial charge in [0.25, 0.3) is 0 Å². The van der Waals surface area contributed by atoms with Crippen LogP contribution in [0.1, 0.15) is 33.1 Å². The first-order valence-corrected chi connectivity index (χ1v) is 5.40. The Hall–Kier alpha value is -0.120. The first-order chi connectivity index (χ1) is 6.61. The molecule has 0 aromatic rings. The second-order valence-electron chi connectivity index (χ2n) is 4.67. The van der Waals surface area contributed by atoms with Crippen molar-refractivity contribution < 1.29 is 9.47 Å². The standard InChI is InChI=1S/C11H23NO2/c1-9(10(13-3)14-4)12-8-11(2)6-5-7-11/h9-10,12H,5-8H2,1-4H3. The predicted molar refractivity (Wildman–Crippen MR) is 57.2 cm³/mol. The molecule has 0 aromatic heterocycles. The Morgan fingerprint density at radius 2 is 1.86 bits per heavy atom. The minimum absolute atomic E-state index is 0.140. The van der Waals surface area contributed by atoms with Crippen LogP contribution < -0.4 is 5.32 Å². The zero-order valence-electron chi connectivity index (χ0n) is 9.80. The van der Waals surface area contributed by atoms with Gasteiger partial charge >= 0.3 is 0 Å². The van der Waals surface area contributed by atoms with E-state index in [1.807, 2.05) is 0 Å². The summed E-state index contributed by atoms with van der Waals surface area (Å²) in [5, 5.41) is 3.48. The van der Waals surface area contributed by atoms with Crippen LogP contribution in [-0.2, 0) is 9.47 Å². The highest BCUT2D eigenvalue weighted by molar-refractivity contribution is 4.86. The maximum absolute atomic E-state index is 5.19. The highest BCUT2D eigenvalue weighted by Gasteiger charge is 2.32. The molecule has 14 heavy (non-hydrogen) atoms. The molecule has 1 saturated carbocycles. The van der Waals surface area contributed by atoms with Crippen LogP contribution in [-0.4, -0.2) is 33.1 Å². The van der Waals surface area contributed by atoms with E-state index in [2.05, 4.69) is 19.2 Å². The molecule has 1 aliphatic rings. The van der Waals surface area contributed by atoms with Gasteiger partial charge in [-0.3, -0.25) is 0 Å². The Bertz CT molecular complexity index is 165. The number of hydrogen-bond acceptors (Lipinski definition) is 3. The van der Waals surface area contributed by atoms with Crippen LogP contribution in [0, 0.1) is 5.41 Å². The zero-order valence-corrected chi connectivity index (χ0v) is 9.80. The SMILES string of the molecule is COC(OC)C(C)NCC1(C)CCC1. The van der Waals surface area contributed by atoms with Crippen molar-refractivity contribution in [2.45, 2.75) is 45.4 Å². The molecule has 84 valence electrons. The topological polar surface area (TPSA) is 30.5 Å². The third-order valence-electron chi connectivity index (χ3n) is 3.28. The molecule has 0 aromatic carbocycles. The van der Waals surface area contributed by atoms with Gasteiger partial charge < -0.3 is 14.8 Å². The van der Waals surface area contributed by atoms with Crippen LogP contribution >= 0.6 is 0 Å². The van der Waals surface area contributed by atoms with Crippen LogP contribution in [0.4, 0.5) is 0 Å². The van der Waals surface area contributed by atoms with Crippen LogP contribution in [0.15, 0.2) is 0 Å². The molecule has 0 bridgehead atoms. The highest BCUT2D eigenvalue weighted by Crippen LogP contribution is 2.39. The van der Waals surface area contributed by atoms with Crippen molar-refractivity contribution in [3.8, 4) is 0 Å². The fourth-order valence-electron chi connectivity index (χ4n) is 1.97. The molecule has 1 aliphatic carbocycles. The summed E-state index contributed by atoms with van der Waals surface area (Å²) in [4.78, 5) is 0. The summed E-state index contributed by atoms with van der Waals surface area (Å²) in [6, 6.07) is 0.252. The average molecular weight is 201 g/mol. The number of nitrogens with one attached hydrogen (secondary N) is 1. The van der Waals surface area contributed by atoms with Gasteiger partial charge in [-0.05, 0) is 25.2 Å². The molecule has 0 spiro atoms. The first kappa shape index (κ1) is 12.0. The number of methoxy groups -OCH3 is 2. The van der Waals surface area contributed by atoms with Crippen molar-refractivity contribution in [1.82, 2.24) is 5.32 Å². The lowest BCUT2D eigenvalue weighted by molar-refractivity contribution is -0.121. The monoisotopic (exact) mass is 201 g/mol. The molecule has 0 radical (unpaired) electrons. The lowest BCUT2D eigenvalue weighted by Gasteiger charge is -2.40. The normalized spacial score (nSPS) is 22.1. The summed E-state index contributed by atoms with van der Waals surface area (Å²) in [6.07, 6.45) is 3.93. The predicted octanol–water partition coefficient (Wildman–Crippen LogP) is 1.77. The van der Waals surface area contributed by atoms with E-state index in [0.29, 0.717) is 5.41 Å². The molecule has 3 heteroatoms. The van der Waals surface area contributed by atoms with Gasteiger partial charge in [0.15, 0.2) is 6.29 Å². The van der Waals surface area contributed by atoms with E-state index in [-0.39, 0.29) is 12.3 Å². The Morgan fingerprint density at radius 3 is 2.21 bits per heavy atom. The molecule has 3 nitrogen and oxygen atoms in total. The summed E-state index contributed by atoms with van der Waals surface area (Å²) < 4.78 is 10.4. The Morgan fingerprint density at radius 1 is 1.29 bits per heavy atom. The fraction of sp³-hybridized carbons (Fsp3) is 1.00. The molecule has 1 unspecified atom stereocenters. The maximum atomic E-state index is 5.19. The van der Waals surface area contributed by atoms with Crippen LogP contribution in [0.5, 0.6) is 0 Å². The molecular weight excluding hydrogens is 178 g/mol. The van der Waals surface area contributed by atoms with Gasteiger partial charge in [0.05, 0.1) is 6.04 Å². The lowest BCUT2D eigenvalue weighted by atomic mass is 9.70. The van der Waals surface area contributed by atoms with Gasteiger partial charge in [-0.2, -0.15) is 0 Å². The molecule has 0 heterocycles. The fourth-order valence-corrected chi connectivity index (χ4v) is 1.97. The summed E-state index contributed by atoms with van der Waals surface area (Å²) in [7, 11) is 3.36. The van der Waals surface area contributed by atoms with Crippen molar-refractivity contribution in [3.63, 3.8) is 0 Å². The third-order valence-corrected chi connectivity index (χ3v) is 3.28. The van der Waals surface area contributed by atoms with Gasteiger partial charge in [-0.25, -0.2) is 0 Å². The lowest BCUT2D eigenvalue weighted by Crippen LogP contribution is -2.46. The van der Waals surface area contributed by atoms with Crippen molar-refractivity contribution >= 4 is 0 Å². The van der Waals surface area contributed by atoms with Crippen molar-refractivity contribution in [3.05, 3.63) is 0 Å². The van der Waals surface area contributed by atoms with E-state index in [1.54, 1.807) is 14.2 Å². The van der Waals surface area contributed by atoms with E-state index < -0.39 is 0 Å². The van der Waals surface area contributed by atoms with Crippen molar-refractivity contribution in [1.29, 1.82) is 0 Å². The molecule has 0 aliphatic heterocycles. The molecule has 1 atom stereocenters. The average Bonchev–Trinajstić information content (AvgIpc) is 2.13. The molecule has 0 amide bonds. The van der Waals surface area contributed by atoms with E-state index in [4.69, 9.17) is 9.47 Å². The summed E-state index contributed by atoms with van der Waals surface area (Å²) in [5.74, 6) is 0. The van der Waals surface area contributed by atoms with E-state index in [9.17, 15) is 0 Å². The summed E-state index contributed by atoms with van der Waals surface area (Å²) >= 11 is 0. The number of ether oxygens (including phenoxy) is 2. The number of hydrogen-bond donors (Lipinski definition) is 1. The van der Waals surface area contributed by atoms with Crippen LogP contribution in [0.2, 0.25) is 0 Å². The van der Waals surface area contributed by atoms with Gasteiger partial charge in [-0.1, -0.05) is 13.3 Å². The number of rotatable bonds is 6. The maximum Gasteiger partial charge on any atom is 0.171 e. The van der Waals surface area contributed by atoms with Gasteiger partial charge in [-0.15, -0.1) is 0 Å². The van der Waals surface area contributed by atoms with E-state index >= 15 is 0 Å². The van der Waals surface area contributed by atoms with Crippen molar-refractivity contribution in [2.75, 3.05) is 20.8 Å². The van der Waals surface area contributed by atoms with Crippen molar-refractivity contribution in [2.24, 2.45) is 5.41 Å². The quantitative estimate of drug-likeness (QED) is 0.664. The molecule has 0 saturated heterocycles. The largest absolute Gasteiger partial charge is 0.354 e. The Kier molecular flexibility index (Phi) is 4.35. The first-order valence-electron chi connectivity index (χ1n) is 5.40. The molecule has 1 fully saturated rings. The summed E-state index contributed by atoms with van der Waals surface area (Å²) in [5.41, 5.74) is 0.514. The van der Waals surface area contributed by atoms with Crippen LogP contribution in [0.3, 0.4) is 0 Å². The zero-order chi connectivity index (χ0) is 10.6. The second-order valence-corrected chi connectivity index (χ2v) is 4.67. The van der Waals surface area contributed by atoms with E-state index in [1.165, 1.54) is 19.3 Å². The minimum Gasteiger partial charge on any atom is -0.354 e. The molecular formula is C11H23NO2. The molecule has 1 N–H and O–H groups in total. The Balaban J connectivity index is 2.22. The smallest absolute Gasteiger partial charge is 0.171 e. The van der Waals surface area contributed by atoms with Crippen LogP contribution in [0.25, 0.3) is 0 Å².